The van der Waals surface area contributed by atoms with Crippen molar-refractivity contribution < 1.29 is 4.39 Å². The van der Waals surface area contributed by atoms with Gasteiger partial charge in [0.05, 0.1) is 16.9 Å². The second-order valence-corrected chi connectivity index (χ2v) is 7.57. The normalized spacial score (nSPS) is 15.9. The van der Waals surface area contributed by atoms with Crippen molar-refractivity contribution in [1.29, 1.82) is 5.26 Å². The third-order valence-corrected chi connectivity index (χ3v) is 5.53. The number of halogens is 2. The number of alkyl halides is 1. The quantitative estimate of drug-likeness (QED) is 0.612. The molecule has 1 aliphatic heterocycles. The summed E-state index contributed by atoms with van der Waals surface area (Å²) in [6.45, 7) is 2.69. The topological polar surface area (TPSA) is 83.5 Å². The Labute approximate surface area is 172 Å². The molecule has 0 spiro atoms. The summed E-state index contributed by atoms with van der Waals surface area (Å²) in [7, 11) is 1.73. The molecule has 3 aromatic rings. The third-order valence-electron chi connectivity index (χ3n) is 5.26. The van der Waals surface area contributed by atoms with Crippen molar-refractivity contribution in [1.82, 2.24) is 24.7 Å². The van der Waals surface area contributed by atoms with Crippen molar-refractivity contribution in [3.63, 3.8) is 0 Å². The zero-order valence-corrected chi connectivity index (χ0v) is 16.9. The second-order valence-electron chi connectivity index (χ2n) is 7.21. The molecule has 3 aromatic heterocycles. The van der Waals surface area contributed by atoms with Crippen LogP contribution in [0.15, 0.2) is 30.7 Å². The molecular weight excluding hydrogens is 393 g/mol. The SMILES string of the molecule is Cc1ccc(-c2cc(C#N)c(N3CCC(F)(c4nncn4C)CC3)c(Cl)n2)cn1. The van der Waals surface area contributed by atoms with E-state index in [1.807, 2.05) is 24.0 Å². The predicted molar refractivity (Wildman–Crippen MR) is 107 cm³/mol. The summed E-state index contributed by atoms with van der Waals surface area (Å²) in [6, 6.07) is 7.68. The van der Waals surface area contributed by atoms with E-state index in [0.717, 1.165) is 11.3 Å². The molecule has 0 bridgehead atoms. The fraction of sp³-hybridized carbons (Fsp3) is 0.350. The van der Waals surface area contributed by atoms with E-state index in [1.165, 1.54) is 6.33 Å². The largest absolute Gasteiger partial charge is 0.368 e. The summed E-state index contributed by atoms with van der Waals surface area (Å²) in [4.78, 5) is 10.7. The van der Waals surface area contributed by atoms with E-state index in [0.29, 0.717) is 35.9 Å². The molecule has 0 aromatic carbocycles. The number of aromatic nitrogens is 5. The maximum atomic E-state index is 15.4. The minimum Gasteiger partial charge on any atom is -0.368 e. The van der Waals surface area contributed by atoms with Crippen LogP contribution in [0.3, 0.4) is 0 Å². The Morgan fingerprint density at radius 1 is 1.28 bits per heavy atom. The fourth-order valence-corrected chi connectivity index (χ4v) is 3.97. The van der Waals surface area contributed by atoms with Crippen LogP contribution in [0.5, 0.6) is 0 Å². The third kappa shape index (κ3) is 3.54. The van der Waals surface area contributed by atoms with Crippen molar-refractivity contribution in [2.24, 2.45) is 7.05 Å². The summed E-state index contributed by atoms with van der Waals surface area (Å²) in [5, 5.41) is 17.6. The molecule has 148 valence electrons. The van der Waals surface area contributed by atoms with Gasteiger partial charge in [0.25, 0.3) is 0 Å². The van der Waals surface area contributed by atoms with Crippen LogP contribution < -0.4 is 4.90 Å². The van der Waals surface area contributed by atoms with Crippen LogP contribution in [-0.2, 0) is 12.7 Å². The number of hydrogen-bond acceptors (Lipinski definition) is 6. The molecular formula is C20H19ClFN7. The summed E-state index contributed by atoms with van der Waals surface area (Å²) < 4.78 is 17.0. The van der Waals surface area contributed by atoms with Gasteiger partial charge in [-0.05, 0) is 25.1 Å². The standard InChI is InChI=1S/C20H19ClFN7/c1-13-3-4-14(11-24-13)16-9-15(10-23)17(18(21)26-16)29-7-5-20(22,6-8-29)19-27-25-12-28(19)2/h3-4,9,11-12H,5-8H2,1-2H3. The average Bonchev–Trinajstić information content (AvgIpc) is 3.16. The van der Waals surface area contributed by atoms with Gasteiger partial charge in [0, 0.05) is 50.4 Å². The lowest BCUT2D eigenvalue weighted by molar-refractivity contribution is 0.109. The van der Waals surface area contributed by atoms with Crippen LogP contribution in [0.25, 0.3) is 11.3 Å². The van der Waals surface area contributed by atoms with Gasteiger partial charge in [-0.15, -0.1) is 10.2 Å². The van der Waals surface area contributed by atoms with Crippen molar-refractivity contribution in [2.45, 2.75) is 25.4 Å². The Kier molecular flexibility index (Phi) is 4.92. The van der Waals surface area contributed by atoms with Gasteiger partial charge in [0.1, 0.15) is 12.4 Å². The van der Waals surface area contributed by atoms with Crippen LogP contribution in [0.1, 0.15) is 29.9 Å². The summed E-state index contributed by atoms with van der Waals surface area (Å²) in [6.07, 6.45) is 3.65. The van der Waals surface area contributed by atoms with Gasteiger partial charge in [0.15, 0.2) is 16.6 Å². The van der Waals surface area contributed by atoms with Crippen LogP contribution in [0.4, 0.5) is 10.1 Å². The number of nitrogens with zero attached hydrogens (tertiary/aromatic N) is 7. The minimum absolute atomic E-state index is 0.227. The Hall–Kier alpha value is -3.05. The Bertz CT molecular complexity index is 1080. The highest BCUT2D eigenvalue weighted by Crippen LogP contribution is 2.40. The first-order chi connectivity index (χ1) is 13.9. The number of aryl methyl sites for hydroxylation is 2. The first kappa shape index (κ1) is 19.3. The Morgan fingerprint density at radius 3 is 2.62 bits per heavy atom. The van der Waals surface area contributed by atoms with Gasteiger partial charge >= 0.3 is 0 Å². The molecule has 0 saturated carbocycles. The van der Waals surface area contributed by atoms with Gasteiger partial charge in [-0.25, -0.2) is 9.37 Å². The number of hydrogen-bond donors (Lipinski definition) is 0. The van der Waals surface area contributed by atoms with Crippen LogP contribution >= 0.6 is 11.6 Å². The fourth-order valence-electron chi connectivity index (χ4n) is 3.66. The van der Waals surface area contributed by atoms with Crippen molar-refractivity contribution in [3.8, 4) is 17.3 Å². The molecule has 0 radical (unpaired) electrons. The Balaban J connectivity index is 1.62. The first-order valence-corrected chi connectivity index (χ1v) is 9.61. The molecule has 0 atom stereocenters. The number of anilines is 1. The molecule has 1 saturated heterocycles. The molecule has 0 aliphatic carbocycles. The molecule has 1 aliphatic rings. The van der Waals surface area contributed by atoms with Gasteiger partial charge in [0.2, 0.25) is 0 Å². The number of pyridine rings is 2. The maximum Gasteiger partial charge on any atom is 0.173 e. The van der Waals surface area contributed by atoms with Crippen LogP contribution in [0.2, 0.25) is 5.15 Å². The Morgan fingerprint density at radius 2 is 2.03 bits per heavy atom. The molecule has 29 heavy (non-hydrogen) atoms. The summed E-state index contributed by atoms with van der Waals surface area (Å²) >= 11 is 6.48. The monoisotopic (exact) mass is 411 g/mol. The zero-order chi connectivity index (χ0) is 20.6. The van der Waals surface area contributed by atoms with E-state index >= 15 is 4.39 Å². The minimum atomic E-state index is -1.55. The highest BCUT2D eigenvalue weighted by molar-refractivity contribution is 6.32. The lowest BCUT2D eigenvalue weighted by Gasteiger charge is -2.37. The van der Waals surface area contributed by atoms with Gasteiger partial charge in [-0.1, -0.05) is 11.6 Å². The molecule has 0 unspecified atom stereocenters. The molecule has 7 nitrogen and oxygen atoms in total. The van der Waals surface area contributed by atoms with E-state index in [4.69, 9.17) is 11.6 Å². The smallest absolute Gasteiger partial charge is 0.173 e. The molecule has 4 rings (SSSR count). The van der Waals surface area contributed by atoms with E-state index in [-0.39, 0.29) is 18.0 Å². The average molecular weight is 412 g/mol. The highest BCUT2D eigenvalue weighted by atomic mass is 35.5. The van der Waals surface area contributed by atoms with Crippen LogP contribution in [-0.4, -0.2) is 37.8 Å². The van der Waals surface area contributed by atoms with E-state index < -0.39 is 5.67 Å². The molecule has 1 fully saturated rings. The van der Waals surface area contributed by atoms with E-state index in [9.17, 15) is 5.26 Å². The highest BCUT2D eigenvalue weighted by Gasteiger charge is 2.41. The zero-order valence-electron chi connectivity index (χ0n) is 16.1. The molecule has 0 amide bonds. The van der Waals surface area contributed by atoms with Crippen molar-refractivity contribution >= 4 is 17.3 Å². The second kappa shape index (κ2) is 7.41. The number of rotatable bonds is 3. The van der Waals surface area contributed by atoms with Gasteiger partial charge < -0.3 is 9.47 Å². The van der Waals surface area contributed by atoms with Gasteiger partial charge in [-0.2, -0.15) is 5.26 Å². The van der Waals surface area contributed by atoms with Crippen LogP contribution in [0, 0.1) is 18.3 Å². The van der Waals surface area contributed by atoms with E-state index in [1.54, 1.807) is 23.9 Å². The van der Waals surface area contributed by atoms with Crippen molar-refractivity contribution in [3.05, 3.63) is 53.0 Å². The predicted octanol–water partition coefficient (Wildman–Crippen LogP) is 3.57. The molecule has 9 heteroatoms. The lowest BCUT2D eigenvalue weighted by atomic mass is 9.91. The molecule has 0 N–H and O–H groups in total. The van der Waals surface area contributed by atoms with Gasteiger partial charge in [-0.3, -0.25) is 4.98 Å². The van der Waals surface area contributed by atoms with E-state index in [2.05, 4.69) is 26.2 Å². The molecule has 4 heterocycles. The number of nitriles is 1. The summed E-state index contributed by atoms with van der Waals surface area (Å²) in [5.74, 6) is 0.323. The lowest BCUT2D eigenvalue weighted by Crippen LogP contribution is -2.42. The maximum absolute atomic E-state index is 15.4. The first-order valence-electron chi connectivity index (χ1n) is 9.23. The summed E-state index contributed by atoms with van der Waals surface area (Å²) in [5.41, 5.74) is 1.65. The number of piperidine rings is 1. The van der Waals surface area contributed by atoms with Crippen molar-refractivity contribution in [2.75, 3.05) is 18.0 Å².